The molecule has 0 aliphatic heterocycles. The number of thiocarbonyl (C=S) groups is 1. The van der Waals surface area contributed by atoms with Crippen LogP contribution in [0.25, 0.3) is 0 Å². The number of anilines is 1. The average molecular weight is 364 g/mol. The quantitative estimate of drug-likeness (QED) is 0.573. The molecule has 0 aliphatic rings. The van der Waals surface area contributed by atoms with Gasteiger partial charge in [-0.15, -0.1) is 0 Å². The molecule has 0 aliphatic carbocycles. The van der Waals surface area contributed by atoms with Crippen molar-refractivity contribution < 1.29 is 4.39 Å². The highest BCUT2D eigenvalue weighted by Gasteiger charge is 2.07. The standard InChI is InChI=1S/C14H10Cl3FN2S/c15-10-5-12(17)13(6-11(10)16)20-14(21)19-7-8-1-3-9(18)4-2-8/h1-6H,7H2,(H2,19,20,21). The molecule has 2 rings (SSSR count). The minimum atomic E-state index is -0.276. The maximum absolute atomic E-state index is 12.8. The highest BCUT2D eigenvalue weighted by Crippen LogP contribution is 2.32. The van der Waals surface area contributed by atoms with Gasteiger partial charge in [-0.3, -0.25) is 0 Å². The fraction of sp³-hybridized carbons (Fsp3) is 0.0714. The number of hydrogen-bond acceptors (Lipinski definition) is 1. The van der Waals surface area contributed by atoms with E-state index in [9.17, 15) is 4.39 Å². The second kappa shape index (κ2) is 7.27. The second-order valence-electron chi connectivity index (χ2n) is 4.18. The second-order valence-corrected chi connectivity index (χ2v) is 5.81. The van der Waals surface area contributed by atoms with Crippen LogP contribution in [0.3, 0.4) is 0 Å². The van der Waals surface area contributed by atoms with Crippen LogP contribution in [-0.4, -0.2) is 5.11 Å². The van der Waals surface area contributed by atoms with Gasteiger partial charge in [0.05, 0.1) is 20.8 Å². The van der Waals surface area contributed by atoms with Gasteiger partial charge in [-0.25, -0.2) is 4.39 Å². The Morgan fingerprint density at radius 1 is 1.00 bits per heavy atom. The highest BCUT2D eigenvalue weighted by atomic mass is 35.5. The van der Waals surface area contributed by atoms with Crippen LogP contribution in [0.1, 0.15) is 5.56 Å². The maximum atomic E-state index is 12.8. The molecule has 7 heteroatoms. The lowest BCUT2D eigenvalue weighted by Crippen LogP contribution is -2.28. The summed E-state index contributed by atoms with van der Waals surface area (Å²) in [4.78, 5) is 0. The van der Waals surface area contributed by atoms with Gasteiger partial charge < -0.3 is 10.6 Å². The van der Waals surface area contributed by atoms with Crippen LogP contribution in [0.15, 0.2) is 36.4 Å². The van der Waals surface area contributed by atoms with E-state index in [1.807, 2.05) is 0 Å². The van der Waals surface area contributed by atoms with E-state index >= 15 is 0 Å². The zero-order chi connectivity index (χ0) is 15.4. The molecule has 0 saturated carbocycles. The van der Waals surface area contributed by atoms with E-state index in [0.29, 0.717) is 32.4 Å². The molecule has 0 spiro atoms. The summed E-state index contributed by atoms with van der Waals surface area (Å²) < 4.78 is 12.8. The molecule has 0 radical (unpaired) electrons. The number of rotatable bonds is 3. The van der Waals surface area contributed by atoms with Gasteiger partial charge in [-0.05, 0) is 42.0 Å². The predicted octanol–water partition coefficient (Wildman–Crippen LogP) is 5.27. The van der Waals surface area contributed by atoms with Crippen LogP contribution in [-0.2, 0) is 6.54 Å². The molecule has 0 aromatic heterocycles. The van der Waals surface area contributed by atoms with Crippen LogP contribution in [0, 0.1) is 5.82 Å². The molecule has 0 unspecified atom stereocenters. The van der Waals surface area contributed by atoms with Crippen molar-refractivity contribution in [1.29, 1.82) is 0 Å². The minimum absolute atomic E-state index is 0.276. The summed E-state index contributed by atoms with van der Waals surface area (Å²) >= 11 is 23.0. The van der Waals surface area contributed by atoms with Crippen molar-refractivity contribution in [2.24, 2.45) is 0 Å². The Balaban J connectivity index is 1.96. The maximum Gasteiger partial charge on any atom is 0.171 e. The topological polar surface area (TPSA) is 24.1 Å². The van der Waals surface area contributed by atoms with E-state index in [2.05, 4.69) is 10.6 Å². The Morgan fingerprint density at radius 2 is 1.62 bits per heavy atom. The molecule has 2 nitrogen and oxygen atoms in total. The van der Waals surface area contributed by atoms with E-state index in [4.69, 9.17) is 47.0 Å². The Bertz CT molecular complexity index is 662. The van der Waals surface area contributed by atoms with Gasteiger partial charge >= 0.3 is 0 Å². The first kappa shape index (κ1) is 16.3. The molecule has 2 N–H and O–H groups in total. The summed E-state index contributed by atoms with van der Waals surface area (Å²) in [7, 11) is 0. The lowest BCUT2D eigenvalue weighted by atomic mass is 10.2. The van der Waals surface area contributed by atoms with E-state index < -0.39 is 0 Å². The largest absolute Gasteiger partial charge is 0.358 e. The Morgan fingerprint density at radius 3 is 2.29 bits per heavy atom. The van der Waals surface area contributed by atoms with Crippen LogP contribution in [0.5, 0.6) is 0 Å². The fourth-order valence-corrected chi connectivity index (χ4v) is 2.35. The van der Waals surface area contributed by atoms with Crippen molar-refractivity contribution in [3.05, 3.63) is 62.8 Å². The van der Waals surface area contributed by atoms with E-state index in [0.717, 1.165) is 5.56 Å². The molecular formula is C14H10Cl3FN2S. The summed E-state index contributed by atoms with van der Waals surface area (Å²) in [6, 6.07) is 9.27. The molecule has 0 bridgehead atoms. The molecule has 0 heterocycles. The van der Waals surface area contributed by atoms with Crippen molar-refractivity contribution in [3.8, 4) is 0 Å². The first-order valence-electron chi connectivity index (χ1n) is 5.89. The van der Waals surface area contributed by atoms with Crippen LogP contribution in [0.2, 0.25) is 15.1 Å². The number of halogens is 4. The molecule has 2 aromatic rings. The highest BCUT2D eigenvalue weighted by molar-refractivity contribution is 7.80. The van der Waals surface area contributed by atoms with Crippen molar-refractivity contribution in [3.63, 3.8) is 0 Å². The van der Waals surface area contributed by atoms with Gasteiger partial charge in [0.25, 0.3) is 0 Å². The normalized spacial score (nSPS) is 10.3. The SMILES string of the molecule is Fc1ccc(CNC(=S)Nc2cc(Cl)c(Cl)cc2Cl)cc1. The van der Waals surface area contributed by atoms with Crippen molar-refractivity contribution in [2.45, 2.75) is 6.54 Å². The molecular weight excluding hydrogens is 354 g/mol. The zero-order valence-corrected chi connectivity index (χ0v) is 13.7. The third kappa shape index (κ3) is 4.71. The first-order valence-corrected chi connectivity index (χ1v) is 7.44. The number of nitrogens with one attached hydrogen (secondary N) is 2. The van der Waals surface area contributed by atoms with Gasteiger partial charge in [-0.1, -0.05) is 46.9 Å². The van der Waals surface area contributed by atoms with Crippen molar-refractivity contribution in [1.82, 2.24) is 5.32 Å². The molecule has 110 valence electrons. The Hall–Kier alpha value is -1.07. The van der Waals surface area contributed by atoms with E-state index in [1.165, 1.54) is 18.2 Å². The summed E-state index contributed by atoms with van der Waals surface area (Å²) in [5.74, 6) is -0.276. The minimum Gasteiger partial charge on any atom is -0.358 e. The van der Waals surface area contributed by atoms with Crippen LogP contribution in [0.4, 0.5) is 10.1 Å². The first-order chi connectivity index (χ1) is 9.95. The van der Waals surface area contributed by atoms with Crippen LogP contribution >= 0.6 is 47.0 Å². The van der Waals surface area contributed by atoms with E-state index in [1.54, 1.807) is 18.2 Å². The molecule has 0 atom stereocenters. The van der Waals surface area contributed by atoms with Crippen molar-refractivity contribution in [2.75, 3.05) is 5.32 Å². The zero-order valence-electron chi connectivity index (χ0n) is 10.6. The summed E-state index contributed by atoms with van der Waals surface area (Å²) in [6.45, 7) is 0.463. The third-order valence-corrected chi connectivity index (χ3v) is 3.91. The number of hydrogen-bond donors (Lipinski definition) is 2. The fourth-order valence-electron chi connectivity index (χ4n) is 1.57. The summed E-state index contributed by atoms with van der Waals surface area (Å²) in [5.41, 5.74) is 1.46. The van der Waals surface area contributed by atoms with Crippen molar-refractivity contribution >= 4 is 57.8 Å². The summed E-state index contributed by atoms with van der Waals surface area (Å²) in [5, 5.41) is 7.46. The Kier molecular flexibility index (Phi) is 5.65. The average Bonchev–Trinajstić information content (AvgIpc) is 2.44. The molecule has 21 heavy (non-hydrogen) atoms. The lowest BCUT2D eigenvalue weighted by Gasteiger charge is -2.12. The van der Waals surface area contributed by atoms with Gasteiger partial charge in [0.1, 0.15) is 5.82 Å². The predicted molar refractivity (Wildman–Crippen MR) is 90.9 cm³/mol. The summed E-state index contributed by atoms with van der Waals surface area (Å²) in [6.07, 6.45) is 0. The van der Waals surface area contributed by atoms with Gasteiger partial charge in [-0.2, -0.15) is 0 Å². The van der Waals surface area contributed by atoms with Gasteiger partial charge in [0, 0.05) is 6.54 Å². The van der Waals surface area contributed by atoms with Gasteiger partial charge in [0.2, 0.25) is 0 Å². The molecule has 0 fully saturated rings. The Labute approximate surface area is 142 Å². The molecule has 0 amide bonds. The monoisotopic (exact) mass is 362 g/mol. The molecule has 2 aromatic carbocycles. The van der Waals surface area contributed by atoms with E-state index in [-0.39, 0.29) is 5.82 Å². The smallest absolute Gasteiger partial charge is 0.171 e. The lowest BCUT2D eigenvalue weighted by molar-refractivity contribution is 0.627. The number of benzene rings is 2. The van der Waals surface area contributed by atoms with Gasteiger partial charge in [0.15, 0.2) is 5.11 Å². The third-order valence-electron chi connectivity index (χ3n) is 2.62. The van der Waals surface area contributed by atoms with Crippen LogP contribution < -0.4 is 10.6 Å². The molecule has 0 saturated heterocycles.